The summed E-state index contributed by atoms with van der Waals surface area (Å²) in [5.74, 6) is 0. The van der Waals surface area contributed by atoms with Crippen molar-refractivity contribution in [2.24, 2.45) is 7.05 Å². The first-order chi connectivity index (χ1) is 7.90. The zero-order valence-electron chi connectivity index (χ0n) is 9.79. The highest BCUT2D eigenvalue weighted by Crippen LogP contribution is 2.14. The van der Waals surface area contributed by atoms with Gasteiger partial charge in [-0.1, -0.05) is 0 Å². The van der Waals surface area contributed by atoms with Crippen molar-refractivity contribution in [2.45, 2.75) is 18.6 Å². The maximum atomic E-state index is 11.9. The summed E-state index contributed by atoms with van der Waals surface area (Å²) in [7, 11) is 3.48. The lowest BCUT2D eigenvalue weighted by Crippen LogP contribution is -2.34. The van der Waals surface area contributed by atoms with Gasteiger partial charge in [0.25, 0.3) is 0 Å². The molecule has 0 spiro atoms. The summed E-state index contributed by atoms with van der Waals surface area (Å²) in [6.07, 6.45) is -0.170. The van der Waals surface area contributed by atoms with Crippen molar-refractivity contribution in [3.63, 3.8) is 0 Å². The smallest absolute Gasteiger partial charge is 0.370 e. The van der Waals surface area contributed by atoms with E-state index in [1.807, 2.05) is 6.20 Å². The monoisotopic (exact) mass is 251 g/mol. The minimum Gasteiger partial charge on any atom is -0.370 e. The van der Waals surface area contributed by atoms with Crippen LogP contribution in [0, 0.1) is 0 Å². The van der Waals surface area contributed by atoms with Gasteiger partial charge in [0.1, 0.15) is 6.61 Å². The van der Waals surface area contributed by atoms with Crippen molar-refractivity contribution in [1.29, 1.82) is 0 Å². The van der Waals surface area contributed by atoms with Gasteiger partial charge in [-0.05, 0) is 19.0 Å². The molecule has 1 rings (SSSR count). The lowest BCUT2D eigenvalue weighted by Gasteiger charge is -2.16. The number of rotatable bonds is 6. The maximum absolute atomic E-state index is 11.9. The molecule has 0 saturated heterocycles. The van der Waals surface area contributed by atoms with Crippen LogP contribution in [-0.4, -0.2) is 42.3 Å². The van der Waals surface area contributed by atoms with Crippen molar-refractivity contribution in [3.05, 3.63) is 18.0 Å². The first-order valence-electron chi connectivity index (χ1n) is 5.20. The highest BCUT2D eigenvalue weighted by Gasteiger charge is 2.27. The number of alkyl halides is 3. The minimum absolute atomic E-state index is 0.0188. The molecule has 0 amide bonds. The second-order valence-corrected chi connectivity index (χ2v) is 3.84. The molecule has 0 bridgehead atoms. The molecule has 1 heterocycles. The van der Waals surface area contributed by atoms with Crippen molar-refractivity contribution >= 4 is 0 Å². The van der Waals surface area contributed by atoms with Crippen molar-refractivity contribution in [3.8, 4) is 0 Å². The largest absolute Gasteiger partial charge is 0.411 e. The van der Waals surface area contributed by atoms with Crippen LogP contribution in [0.3, 0.4) is 0 Å². The molecule has 0 aliphatic rings. The second-order valence-electron chi connectivity index (χ2n) is 3.84. The molecule has 17 heavy (non-hydrogen) atoms. The molecule has 0 aromatic carbocycles. The van der Waals surface area contributed by atoms with Gasteiger partial charge >= 0.3 is 6.18 Å². The predicted octanol–water partition coefficient (Wildman–Crippen LogP) is 1.13. The van der Waals surface area contributed by atoms with E-state index >= 15 is 0 Å². The number of hydrogen-bond donors (Lipinski definition) is 1. The summed E-state index contributed by atoms with van der Waals surface area (Å²) in [6.45, 7) is -1.19. The standard InChI is InChI=1S/C10H16F3N3O/c1-14-9(6-17-7-10(11,12)13)3-8-4-15-16(2)5-8/h4-5,9,14H,3,6-7H2,1-2H3. The Bertz CT molecular complexity index is 338. The molecular weight excluding hydrogens is 235 g/mol. The van der Waals surface area contributed by atoms with Crippen molar-refractivity contribution < 1.29 is 17.9 Å². The number of aromatic nitrogens is 2. The molecular formula is C10H16F3N3O. The first kappa shape index (κ1) is 14.0. The zero-order chi connectivity index (χ0) is 12.9. The average molecular weight is 251 g/mol. The Kier molecular flexibility index (Phi) is 4.95. The number of hydrogen-bond acceptors (Lipinski definition) is 3. The molecule has 0 fully saturated rings. The van der Waals surface area contributed by atoms with E-state index < -0.39 is 12.8 Å². The highest BCUT2D eigenvalue weighted by molar-refractivity contribution is 5.05. The summed E-state index contributed by atoms with van der Waals surface area (Å²) in [5, 5.41) is 6.91. The number of nitrogens with one attached hydrogen (secondary N) is 1. The quantitative estimate of drug-likeness (QED) is 0.823. The minimum atomic E-state index is -4.27. The van der Waals surface area contributed by atoms with Crippen LogP contribution in [0.2, 0.25) is 0 Å². The van der Waals surface area contributed by atoms with Gasteiger partial charge in [-0.25, -0.2) is 0 Å². The van der Waals surface area contributed by atoms with Crippen molar-refractivity contribution in [2.75, 3.05) is 20.3 Å². The van der Waals surface area contributed by atoms with Crippen LogP contribution in [-0.2, 0) is 18.2 Å². The Labute approximate surface area is 97.8 Å². The van der Waals surface area contributed by atoms with Gasteiger partial charge in [-0.15, -0.1) is 0 Å². The number of aryl methyl sites for hydroxylation is 1. The predicted molar refractivity (Wildman–Crippen MR) is 56.6 cm³/mol. The molecule has 4 nitrogen and oxygen atoms in total. The summed E-state index contributed by atoms with van der Waals surface area (Å²) in [5.41, 5.74) is 0.961. The van der Waals surface area contributed by atoms with Crippen LogP contribution < -0.4 is 5.32 Å². The van der Waals surface area contributed by atoms with Gasteiger partial charge in [0.2, 0.25) is 0 Å². The van der Waals surface area contributed by atoms with E-state index in [0.29, 0.717) is 6.42 Å². The third-order valence-corrected chi connectivity index (χ3v) is 2.23. The van der Waals surface area contributed by atoms with E-state index in [0.717, 1.165) is 5.56 Å². The molecule has 0 radical (unpaired) electrons. The van der Waals surface area contributed by atoms with E-state index in [9.17, 15) is 13.2 Å². The van der Waals surface area contributed by atoms with Gasteiger partial charge < -0.3 is 10.1 Å². The molecule has 1 atom stereocenters. The van der Waals surface area contributed by atoms with Gasteiger partial charge in [-0.3, -0.25) is 4.68 Å². The molecule has 1 N–H and O–H groups in total. The normalized spacial score (nSPS) is 13.9. The van der Waals surface area contributed by atoms with Crippen LogP contribution in [0.4, 0.5) is 13.2 Å². The third kappa shape index (κ3) is 5.69. The van der Waals surface area contributed by atoms with E-state index in [1.54, 1.807) is 25.0 Å². The topological polar surface area (TPSA) is 39.1 Å². The van der Waals surface area contributed by atoms with Crippen LogP contribution in [0.15, 0.2) is 12.4 Å². The summed E-state index contributed by atoms with van der Waals surface area (Å²) >= 11 is 0. The van der Waals surface area contributed by atoms with Crippen molar-refractivity contribution in [1.82, 2.24) is 15.1 Å². The Morgan fingerprint density at radius 1 is 1.53 bits per heavy atom. The van der Waals surface area contributed by atoms with Crippen LogP contribution >= 0.6 is 0 Å². The highest BCUT2D eigenvalue weighted by atomic mass is 19.4. The number of halogens is 3. The van der Waals surface area contributed by atoms with E-state index in [-0.39, 0.29) is 12.6 Å². The number of likely N-dealkylation sites (N-methyl/N-ethyl adjacent to an activating group) is 1. The van der Waals surface area contributed by atoms with Gasteiger partial charge in [-0.2, -0.15) is 18.3 Å². The fourth-order valence-corrected chi connectivity index (χ4v) is 1.42. The number of nitrogens with zero attached hydrogens (tertiary/aromatic N) is 2. The molecule has 0 saturated carbocycles. The molecule has 98 valence electrons. The third-order valence-electron chi connectivity index (χ3n) is 2.23. The van der Waals surface area contributed by atoms with E-state index in [4.69, 9.17) is 0 Å². The molecule has 7 heteroatoms. The van der Waals surface area contributed by atoms with Gasteiger partial charge in [0, 0.05) is 19.3 Å². The molecule has 1 unspecified atom stereocenters. The van der Waals surface area contributed by atoms with E-state index in [2.05, 4.69) is 15.2 Å². The molecule has 0 aliphatic heterocycles. The first-order valence-corrected chi connectivity index (χ1v) is 5.20. The molecule has 1 aromatic rings. The number of ether oxygens (including phenoxy) is 1. The maximum Gasteiger partial charge on any atom is 0.411 e. The fourth-order valence-electron chi connectivity index (χ4n) is 1.42. The Morgan fingerprint density at radius 3 is 2.71 bits per heavy atom. The molecule has 0 aliphatic carbocycles. The molecule has 1 aromatic heterocycles. The zero-order valence-corrected chi connectivity index (χ0v) is 9.79. The Morgan fingerprint density at radius 2 is 2.24 bits per heavy atom. The Hall–Kier alpha value is -1.08. The summed E-state index contributed by atoms with van der Waals surface area (Å²) in [4.78, 5) is 0. The van der Waals surface area contributed by atoms with Gasteiger partial charge in [0.05, 0.1) is 12.8 Å². The van der Waals surface area contributed by atoms with Crippen LogP contribution in [0.5, 0.6) is 0 Å². The summed E-state index contributed by atoms with van der Waals surface area (Å²) in [6, 6.07) is -0.151. The van der Waals surface area contributed by atoms with E-state index in [1.165, 1.54) is 0 Å². The fraction of sp³-hybridized carbons (Fsp3) is 0.700. The van der Waals surface area contributed by atoms with Crippen LogP contribution in [0.1, 0.15) is 5.56 Å². The lowest BCUT2D eigenvalue weighted by molar-refractivity contribution is -0.175. The lowest BCUT2D eigenvalue weighted by atomic mass is 10.1. The second kappa shape index (κ2) is 6.02. The van der Waals surface area contributed by atoms with Crippen LogP contribution in [0.25, 0.3) is 0 Å². The summed E-state index contributed by atoms with van der Waals surface area (Å²) < 4.78 is 41.9. The average Bonchev–Trinajstić information content (AvgIpc) is 2.60. The Balaban J connectivity index is 2.34. The SMILES string of the molecule is CNC(COCC(F)(F)F)Cc1cnn(C)c1. The van der Waals surface area contributed by atoms with Gasteiger partial charge in [0.15, 0.2) is 0 Å².